The van der Waals surface area contributed by atoms with Gasteiger partial charge in [-0.2, -0.15) is 0 Å². The van der Waals surface area contributed by atoms with Gasteiger partial charge in [-0.15, -0.1) is 0 Å². The molecular weight excluding hydrogens is 234 g/mol. The first-order chi connectivity index (χ1) is 8.67. The van der Waals surface area contributed by atoms with Crippen LogP contribution in [0.15, 0.2) is 18.2 Å². The molecule has 0 aliphatic carbocycles. The molecule has 1 aliphatic rings. The maximum absolute atomic E-state index is 12.4. The zero-order chi connectivity index (χ0) is 13.1. The van der Waals surface area contributed by atoms with Gasteiger partial charge in [-0.25, -0.2) is 0 Å². The summed E-state index contributed by atoms with van der Waals surface area (Å²) in [5.41, 5.74) is 6.37. The van der Waals surface area contributed by atoms with Gasteiger partial charge in [0, 0.05) is 12.1 Å². The van der Waals surface area contributed by atoms with Crippen LogP contribution in [0.25, 0.3) is 0 Å². The van der Waals surface area contributed by atoms with Crippen molar-refractivity contribution in [2.75, 3.05) is 27.4 Å². The lowest BCUT2D eigenvalue weighted by Gasteiger charge is -2.15. The number of ketones is 1. The molecule has 2 atom stereocenters. The van der Waals surface area contributed by atoms with Gasteiger partial charge in [-0.1, -0.05) is 0 Å². The summed E-state index contributed by atoms with van der Waals surface area (Å²) in [6, 6.07) is 4.88. The minimum atomic E-state index is -0.299. The van der Waals surface area contributed by atoms with Crippen molar-refractivity contribution in [1.82, 2.24) is 0 Å². The molecule has 2 unspecified atom stereocenters. The Morgan fingerprint density at radius 2 is 2.11 bits per heavy atom. The number of hydrogen-bond acceptors (Lipinski definition) is 5. The largest absolute Gasteiger partial charge is 0.497 e. The third kappa shape index (κ3) is 2.32. The molecule has 18 heavy (non-hydrogen) atoms. The number of nitrogens with two attached hydrogens (primary N) is 1. The summed E-state index contributed by atoms with van der Waals surface area (Å²) in [6.45, 7) is 0.796. The van der Waals surface area contributed by atoms with Crippen LogP contribution in [-0.4, -0.2) is 39.3 Å². The Bertz CT molecular complexity index is 447. The highest BCUT2D eigenvalue weighted by molar-refractivity contribution is 6.01. The second kappa shape index (κ2) is 5.37. The van der Waals surface area contributed by atoms with Gasteiger partial charge in [0.05, 0.1) is 38.9 Å². The highest BCUT2D eigenvalue weighted by Crippen LogP contribution is 2.28. The van der Waals surface area contributed by atoms with Crippen molar-refractivity contribution >= 4 is 5.78 Å². The molecule has 1 fully saturated rings. The third-order valence-electron chi connectivity index (χ3n) is 3.14. The number of ether oxygens (including phenoxy) is 3. The molecule has 5 nitrogen and oxygen atoms in total. The van der Waals surface area contributed by atoms with Crippen LogP contribution in [0.4, 0.5) is 0 Å². The standard InChI is InChI=1S/C13H17NO4/c1-16-8-3-4-9(12(5-8)17-2)13(15)10-6-18-7-11(10)14/h3-5,10-11H,6-7,14H2,1-2H3. The van der Waals surface area contributed by atoms with Crippen molar-refractivity contribution in [1.29, 1.82) is 0 Å². The van der Waals surface area contributed by atoms with Gasteiger partial charge >= 0.3 is 0 Å². The van der Waals surface area contributed by atoms with Crippen molar-refractivity contribution in [2.24, 2.45) is 11.7 Å². The van der Waals surface area contributed by atoms with Crippen molar-refractivity contribution in [3.63, 3.8) is 0 Å². The quantitative estimate of drug-likeness (QED) is 0.804. The first-order valence-electron chi connectivity index (χ1n) is 5.77. The lowest BCUT2D eigenvalue weighted by atomic mass is 9.93. The van der Waals surface area contributed by atoms with E-state index in [0.717, 1.165) is 0 Å². The Morgan fingerprint density at radius 1 is 1.33 bits per heavy atom. The number of rotatable bonds is 4. The molecule has 1 aliphatic heterocycles. The first-order valence-corrected chi connectivity index (χ1v) is 5.77. The number of benzene rings is 1. The van der Waals surface area contributed by atoms with Crippen LogP contribution in [0, 0.1) is 5.92 Å². The van der Waals surface area contributed by atoms with Crippen LogP contribution < -0.4 is 15.2 Å². The maximum Gasteiger partial charge on any atom is 0.173 e. The predicted octanol–water partition coefficient (Wildman–Crippen LogP) is 0.860. The van der Waals surface area contributed by atoms with Crippen LogP contribution in [0.3, 0.4) is 0 Å². The lowest BCUT2D eigenvalue weighted by Crippen LogP contribution is -2.34. The molecule has 0 radical (unpaired) electrons. The Labute approximate surface area is 106 Å². The van der Waals surface area contributed by atoms with Crippen LogP contribution >= 0.6 is 0 Å². The third-order valence-corrected chi connectivity index (χ3v) is 3.14. The van der Waals surface area contributed by atoms with Crippen molar-refractivity contribution in [3.8, 4) is 11.5 Å². The van der Waals surface area contributed by atoms with Gasteiger partial charge in [0.1, 0.15) is 11.5 Å². The van der Waals surface area contributed by atoms with E-state index in [1.54, 1.807) is 25.3 Å². The fourth-order valence-corrected chi connectivity index (χ4v) is 2.04. The van der Waals surface area contributed by atoms with Gasteiger partial charge in [-0.05, 0) is 12.1 Å². The molecule has 2 N–H and O–H groups in total. The number of carbonyl (C=O) groups is 1. The summed E-state index contributed by atoms with van der Waals surface area (Å²) in [5, 5.41) is 0. The van der Waals surface area contributed by atoms with E-state index >= 15 is 0 Å². The molecule has 0 bridgehead atoms. The van der Waals surface area contributed by atoms with E-state index in [-0.39, 0.29) is 17.7 Å². The first kappa shape index (κ1) is 12.9. The molecule has 0 aromatic heterocycles. The molecule has 0 saturated carbocycles. The van der Waals surface area contributed by atoms with Crippen LogP contribution in [0.1, 0.15) is 10.4 Å². The topological polar surface area (TPSA) is 70.8 Å². The average molecular weight is 251 g/mol. The van der Waals surface area contributed by atoms with E-state index in [0.29, 0.717) is 30.3 Å². The van der Waals surface area contributed by atoms with Crippen LogP contribution in [-0.2, 0) is 4.74 Å². The van der Waals surface area contributed by atoms with Crippen LogP contribution in [0.5, 0.6) is 11.5 Å². The number of Topliss-reactive ketones (excluding diaryl/α,β-unsaturated/α-hetero) is 1. The second-order valence-electron chi connectivity index (χ2n) is 4.24. The summed E-state index contributed by atoms with van der Waals surface area (Å²) in [5.74, 6) is 0.806. The van der Waals surface area contributed by atoms with E-state index in [2.05, 4.69) is 0 Å². The van der Waals surface area contributed by atoms with Gasteiger partial charge in [0.2, 0.25) is 0 Å². The minimum absolute atomic E-state index is 0.0421. The normalized spacial score (nSPS) is 22.8. The molecule has 5 heteroatoms. The molecule has 1 heterocycles. The minimum Gasteiger partial charge on any atom is -0.497 e. The van der Waals surface area contributed by atoms with Gasteiger partial charge < -0.3 is 19.9 Å². The van der Waals surface area contributed by atoms with E-state index in [1.165, 1.54) is 7.11 Å². The Morgan fingerprint density at radius 3 is 2.67 bits per heavy atom. The predicted molar refractivity (Wildman–Crippen MR) is 66.2 cm³/mol. The molecule has 0 amide bonds. The second-order valence-corrected chi connectivity index (χ2v) is 4.24. The number of carbonyl (C=O) groups excluding carboxylic acids is 1. The van der Waals surface area contributed by atoms with Gasteiger partial charge in [-0.3, -0.25) is 4.79 Å². The zero-order valence-corrected chi connectivity index (χ0v) is 10.5. The molecule has 0 spiro atoms. The van der Waals surface area contributed by atoms with Gasteiger partial charge in [0.15, 0.2) is 5.78 Å². The number of methoxy groups -OCH3 is 2. The Kier molecular flexibility index (Phi) is 3.84. The molecule has 98 valence electrons. The molecule has 1 aromatic carbocycles. The summed E-state index contributed by atoms with van der Waals surface area (Å²) < 4.78 is 15.5. The van der Waals surface area contributed by atoms with Gasteiger partial charge in [0.25, 0.3) is 0 Å². The Hall–Kier alpha value is -1.59. The summed E-state index contributed by atoms with van der Waals surface area (Å²) >= 11 is 0. The molecule has 1 saturated heterocycles. The van der Waals surface area contributed by atoms with Crippen molar-refractivity contribution < 1.29 is 19.0 Å². The SMILES string of the molecule is COc1ccc(C(=O)C2COCC2N)c(OC)c1. The zero-order valence-electron chi connectivity index (χ0n) is 10.5. The number of hydrogen-bond donors (Lipinski definition) is 1. The van der Waals surface area contributed by atoms with E-state index in [9.17, 15) is 4.79 Å². The fourth-order valence-electron chi connectivity index (χ4n) is 2.04. The highest BCUT2D eigenvalue weighted by Gasteiger charge is 2.33. The monoisotopic (exact) mass is 251 g/mol. The van der Waals surface area contributed by atoms with Crippen molar-refractivity contribution in [2.45, 2.75) is 6.04 Å². The fraction of sp³-hybridized carbons (Fsp3) is 0.462. The van der Waals surface area contributed by atoms with Crippen LogP contribution in [0.2, 0.25) is 0 Å². The van der Waals surface area contributed by atoms with Crippen molar-refractivity contribution in [3.05, 3.63) is 23.8 Å². The lowest BCUT2D eigenvalue weighted by molar-refractivity contribution is 0.0893. The summed E-state index contributed by atoms with van der Waals surface area (Å²) in [7, 11) is 3.09. The molecular formula is C13H17NO4. The maximum atomic E-state index is 12.4. The summed E-state index contributed by atoms with van der Waals surface area (Å²) in [4.78, 5) is 12.4. The summed E-state index contributed by atoms with van der Waals surface area (Å²) in [6.07, 6.45) is 0. The average Bonchev–Trinajstić information content (AvgIpc) is 2.83. The Balaban J connectivity index is 2.29. The molecule has 1 aromatic rings. The van der Waals surface area contributed by atoms with E-state index in [4.69, 9.17) is 19.9 Å². The van der Waals surface area contributed by atoms with E-state index < -0.39 is 0 Å². The van der Waals surface area contributed by atoms with E-state index in [1.807, 2.05) is 0 Å². The molecule has 2 rings (SSSR count). The smallest absolute Gasteiger partial charge is 0.173 e. The highest BCUT2D eigenvalue weighted by atomic mass is 16.5.